The Kier molecular flexibility index (Phi) is 3.24. The molecule has 5 heteroatoms. The van der Waals surface area contributed by atoms with Crippen molar-refractivity contribution in [3.05, 3.63) is 47.5 Å². The maximum Gasteiger partial charge on any atom is 0.205 e. The lowest BCUT2D eigenvalue weighted by Gasteiger charge is -2.09. The second kappa shape index (κ2) is 5.06. The molecule has 0 spiro atoms. The summed E-state index contributed by atoms with van der Waals surface area (Å²) < 4.78 is 7.38. The van der Waals surface area contributed by atoms with Gasteiger partial charge in [0.05, 0.1) is 22.8 Å². The fraction of sp³-hybridized carbons (Fsp3) is 0.133. The van der Waals surface area contributed by atoms with Crippen LogP contribution in [0.2, 0.25) is 5.02 Å². The lowest BCUT2D eigenvalue weighted by atomic mass is 10.2. The van der Waals surface area contributed by atoms with Crippen molar-refractivity contribution in [2.45, 2.75) is 6.92 Å². The summed E-state index contributed by atoms with van der Waals surface area (Å²) in [6, 6.07) is 13.4. The number of fused-ring (bicyclic) bond motifs is 1. The van der Waals surface area contributed by atoms with Crippen LogP contribution in [0.3, 0.4) is 0 Å². The van der Waals surface area contributed by atoms with Gasteiger partial charge in [-0.3, -0.25) is 4.57 Å². The summed E-state index contributed by atoms with van der Waals surface area (Å²) in [5, 5.41) is 0.592. The maximum atomic E-state index is 6.15. The van der Waals surface area contributed by atoms with Crippen molar-refractivity contribution < 1.29 is 4.74 Å². The fourth-order valence-electron chi connectivity index (χ4n) is 2.23. The third-order valence-corrected chi connectivity index (χ3v) is 3.35. The van der Waals surface area contributed by atoms with Gasteiger partial charge in [0.15, 0.2) is 0 Å². The van der Waals surface area contributed by atoms with Gasteiger partial charge in [-0.2, -0.15) is 0 Å². The predicted octanol–water partition coefficient (Wildman–Crippen LogP) is 3.66. The topological polar surface area (TPSA) is 53.1 Å². The molecule has 0 radical (unpaired) electrons. The molecular formula is C15H14ClN3O. The number of para-hydroxylation sites is 1. The molecule has 4 nitrogen and oxygen atoms in total. The van der Waals surface area contributed by atoms with E-state index in [4.69, 9.17) is 22.1 Å². The molecule has 0 fully saturated rings. The molecule has 0 unspecified atom stereocenters. The van der Waals surface area contributed by atoms with E-state index in [0.29, 0.717) is 23.1 Å². The summed E-state index contributed by atoms with van der Waals surface area (Å²) in [6.07, 6.45) is 0. The summed E-state index contributed by atoms with van der Waals surface area (Å²) >= 11 is 6.15. The van der Waals surface area contributed by atoms with Crippen LogP contribution in [0.1, 0.15) is 6.92 Å². The van der Waals surface area contributed by atoms with Gasteiger partial charge in [-0.15, -0.1) is 0 Å². The lowest BCUT2D eigenvalue weighted by molar-refractivity contribution is 0.340. The van der Waals surface area contributed by atoms with Crippen molar-refractivity contribution in [2.75, 3.05) is 12.3 Å². The van der Waals surface area contributed by atoms with Crippen LogP contribution in [-0.4, -0.2) is 16.2 Å². The van der Waals surface area contributed by atoms with E-state index in [0.717, 1.165) is 17.0 Å². The molecule has 102 valence electrons. The van der Waals surface area contributed by atoms with Gasteiger partial charge in [-0.05, 0) is 31.2 Å². The maximum absolute atomic E-state index is 6.15. The third kappa shape index (κ3) is 2.08. The van der Waals surface area contributed by atoms with Crippen molar-refractivity contribution in [1.29, 1.82) is 0 Å². The number of nitrogens with zero attached hydrogens (tertiary/aromatic N) is 2. The molecule has 1 aromatic heterocycles. The smallest absolute Gasteiger partial charge is 0.205 e. The second-order valence-corrected chi connectivity index (χ2v) is 4.75. The van der Waals surface area contributed by atoms with Crippen LogP contribution in [0.15, 0.2) is 42.5 Å². The fourth-order valence-corrected chi connectivity index (χ4v) is 2.45. The molecule has 0 atom stereocenters. The Morgan fingerprint density at radius 1 is 1.25 bits per heavy atom. The highest BCUT2D eigenvalue weighted by Crippen LogP contribution is 2.29. The number of hydrogen-bond donors (Lipinski definition) is 1. The van der Waals surface area contributed by atoms with Crippen molar-refractivity contribution in [3.63, 3.8) is 0 Å². The number of nitrogen functional groups attached to an aromatic ring is 1. The van der Waals surface area contributed by atoms with E-state index in [-0.39, 0.29) is 0 Å². The molecule has 0 aliphatic carbocycles. The number of imidazole rings is 1. The first-order valence-corrected chi connectivity index (χ1v) is 6.74. The summed E-state index contributed by atoms with van der Waals surface area (Å²) in [7, 11) is 0. The highest BCUT2D eigenvalue weighted by Gasteiger charge is 2.12. The third-order valence-electron chi connectivity index (χ3n) is 3.05. The predicted molar refractivity (Wildman–Crippen MR) is 81.7 cm³/mol. The molecule has 3 rings (SSSR count). The SMILES string of the molecule is CCOc1cccc(-n2c(N)nc3c(Cl)cccc32)c1. The number of ether oxygens (including phenoxy) is 1. The molecule has 2 aromatic carbocycles. The monoisotopic (exact) mass is 287 g/mol. The quantitative estimate of drug-likeness (QED) is 0.800. The molecule has 20 heavy (non-hydrogen) atoms. The number of benzene rings is 2. The number of anilines is 1. The van der Waals surface area contributed by atoms with Gasteiger partial charge >= 0.3 is 0 Å². The molecule has 0 aliphatic rings. The van der Waals surface area contributed by atoms with Crippen molar-refractivity contribution in [3.8, 4) is 11.4 Å². The molecule has 0 aliphatic heterocycles. The van der Waals surface area contributed by atoms with Gasteiger partial charge in [0.2, 0.25) is 5.95 Å². The van der Waals surface area contributed by atoms with Crippen molar-refractivity contribution in [1.82, 2.24) is 9.55 Å². The standard InChI is InChI=1S/C15H14ClN3O/c1-2-20-11-6-3-5-10(9-11)19-13-8-4-7-12(16)14(13)18-15(19)17/h3-9H,2H2,1H3,(H2,17,18). The summed E-state index contributed by atoms with van der Waals surface area (Å²) in [5.74, 6) is 1.20. The summed E-state index contributed by atoms with van der Waals surface area (Å²) in [6.45, 7) is 2.57. The van der Waals surface area contributed by atoms with Crippen molar-refractivity contribution in [2.24, 2.45) is 0 Å². The molecule has 0 amide bonds. The molecule has 1 heterocycles. The van der Waals surface area contributed by atoms with Gasteiger partial charge in [0.1, 0.15) is 11.3 Å². The van der Waals surface area contributed by atoms with E-state index in [2.05, 4.69) is 4.98 Å². The van der Waals surface area contributed by atoms with Gasteiger partial charge in [-0.25, -0.2) is 4.98 Å². The summed E-state index contributed by atoms with van der Waals surface area (Å²) in [4.78, 5) is 4.33. The Hall–Kier alpha value is -2.20. The van der Waals surface area contributed by atoms with Gasteiger partial charge in [-0.1, -0.05) is 23.7 Å². The minimum Gasteiger partial charge on any atom is -0.494 e. The average molecular weight is 288 g/mol. The van der Waals surface area contributed by atoms with E-state index in [1.54, 1.807) is 6.07 Å². The van der Waals surface area contributed by atoms with Crippen LogP contribution in [-0.2, 0) is 0 Å². The van der Waals surface area contributed by atoms with E-state index in [9.17, 15) is 0 Å². The number of aromatic nitrogens is 2. The second-order valence-electron chi connectivity index (χ2n) is 4.34. The van der Waals surface area contributed by atoms with Crippen LogP contribution in [0, 0.1) is 0 Å². The van der Waals surface area contributed by atoms with Crippen LogP contribution in [0.5, 0.6) is 5.75 Å². The van der Waals surface area contributed by atoms with Gasteiger partial charge in [0, 0.05) is 6.07 Å². The number of nitrogens with two attached hydrogens (primary N) is 1. The molecule has 2 N–H and O–H groups in total. The average Bonchev–Trinajstić information content (AvgIpc) is 2.77. The zero-order valence-electron chi connectivity index (χ0n) is 11.0. The van der Waals surface area contributed by atoms with Crippen LogP contribution in [0.4, 0.5) is 5.95 Å². The molecule has 3 aromatic rings. The Balaban J connectivity index is 2.21. The molecule has 0 saturated carbocycles. The number of rotatable bonds is 3. The first kappa shape index (κ1) is 12.8. The van der Waals surface area contributed by atoms with Gasteiger partial charge in [0.25, 0.3) is 0 Å². The Morgan fingerprint density at radius 3 is 2.85 bits per heavy atom. The zero-order valence-corrected chi connectivity index (χ0v) is 11.8. The van der Waals surface area contributed by atoms with Crippen molar-refractivity contribution >= 4 is 28.6 Å². The molecule has 0 saturated heterocycles. The normalized spacial score (nSPS) is 10.9. The zero-order chi connectivity index (χ0) is 14.1. The molecule has 0 bridgehead atoms. The Labute approximate surface area is 121 Å². The largest absolute Gasteiger partial charge is 0.494 e. The Morgan fingerprint density at radius 2 is 2.05 bits per heavy atom. The van der Waals surface area contributed by atoms with E-state index in [1.807, 2.05) is 47.9 Å². The lowest BCUT2D eigenvalue weighted by Crippen LogP contribution is -2.01. The number of hydrogen-bond acceptors (Lipinski definition) is 3. The minimum absolute atomic E-state index is 0.404. The molecular weight excluding hydrogens is 274 g/mol. The van der Waals surface area contributed by atoms with Crippen LogP contribution >= 0.6 is 11.6 Å². The summed E-state index contributed by atoms with van der Waals surface area (Å²) in [5.41, 5.74) is 8.51. The first-order valence-electron chi connectivity index (χ1n) is 6.36. The highest BCUT2D eigenvalue weighted by molar-refractivity contribution is 6.35. The van der Waals surface area contributed by atoms with E-state index in [1.165, 1.54) is 0 Å². The van der Waals surface area contributed by atoms with E-state index >= 15 is 0 Å². The highest BCUT2D eigenvalue weighted by atomic mass is 35.5. The van der Waals surface area contributed by atoms with Gasteiger partial charge < -0.3 is 10.5 Å². The van der Waals surface area contributed by atoms with E-state index < -0.39 is 0 Å². The van der Waals surface area contributed by atoms with Crippen LogP contribution in [0.25, 0.3) is 16.7 Å². The first-order chi connectivity index (χ1) is 9.70. The number of halogens is 1. The Bertz CT molecular complexity index is 767. The van der Waals surface area contributed by atoms with Crippen LogP contribution < -0.4 is 10.5 Å². The minimum atomic E-state index is 0.404.